The predicted molar refractivity (Wildman–Crippen MR) is 82.6 cm³/mol. The normalized spacial score (nSPS) is 12.2. The van der Waals surface area contributed by atoms with Crippen molar-refractivity contribution in [2.24, 2.45) is 5.73 Å². The second-order valence-corrected chi connectivity index (χ2v) is 5.27. The Morgan fingerprint density at radius 1 is 1.11 bits per heavy atom. The van der Waals surface area contributed by atoms with Crippen LogP contribution in [0, 0.1) is 0 Å². The fraction of sp³-hybridized carbons (Fsp3) is 0.250. The minimum absolute atomic E-state index is 0.0314. The van der Waals surface area contributed by atoms with Crippen molar-refractivity contribution in [2.45, 2.75) is 19.5 Å². The predicted octanol–water partition coefficient (Wildman–Crippen LogP) is 4.00. The molecule has 0 bridgehead atoms. The van der Waals surface area contributed by atoms with Crippen molar-refractivity contribution in [3.8, 4) is 0 Å². The van der Waals surface area contributed by atoms with Gasteiger partial charge in [0.1, 0.15) is 0 Å². The summed E-state index contributed by atoms with van der Waals surface area (Å²) in [6.07, 6.45) is 0. The standard InChI is InChI=1S/C16H19ClN2/c1-12(18)15-5-3-4-6-16(15)19(2)11-13-7-9-14(17)10-8-13/h3-10,12H,11,18H2,1-2H3. The van der Waals surface area contributed by atoms with Crippen LogP contribution in [0.4, 0.5) is 5.69 Å². The van der Waals surface area contributed by atoms with E-state index in [0.717, 1.165) is 11.6 Å². The Morgan fingerprint density at radius 3 is 2.37 bits per heavy atom. The molecule has 0 aliphatic heterocycles. The molecule has 0 heterocycles. The van der Waals surface area contributed by atoms with Gasteiger partial charge in [0.2, 0.25) is 0 Å². The molecular weight excluding hydrogens is 256 g/mol. The molecule has 0 aromatic heterocycles. The average molecular weight is 275 g/mol. The second kappa shape index (κ2) is 6.09. The molecule has 0 aliphatic carbocycles. The van der Waals surface area contributed by atoms with Crippen molar-refractivity contribution in [3.05, 3.63) is 64.7 Å². The van der Waals surface area contributed by atoms with E-state index in [1.807, 2.05) is 43.3 Å². The van der Waals surface area contributed by atoms with Gasteiger partial charge in [-0.15, -0.1) is 0 Å². The van der Waals surface area contributed by atoms with Crippen LogP contribution in [0.3, 0.4) is 0 Å². The third kappa shape index (κ3) is 3.49. The first-order valence-electron chi connectivity index (χ1n) is 6.38. The van der Waals surface area contributed by atoms with Gasteiger partial charge in [-0.1, -0.05) is 41.9 Å². The van der Waals surface area contributed by atoms with Crippen LogP contribution in [0.1, 0.15) is 24.1 Å². The quantitative estimate of drug-likeness (QED) is 0.913. The molecule has 1 atom stereocenters. The number of para-hydroxylation sites is 1. The number of nitrogens with two attached hydrogens (primary N) is 1. The van der Waals surface area contributed by atoms with Crippen molar-refractivity contribution < 1.29 is 0 Å². The van der Waals surface area contributed by atoms with Gasteiger partial charge in [0.05, 0.1) is 0 Å². The monoisotopic (exact) mass is 274 g/mol. The maximum atomic E-state index is 6.02. The first kappa shape index (κ1) is 13.9. The van der Waals surface area contributed by atoms with Crippen LogP contribution in [0.2, 0.25) is 5.02 Å². The molecule has 0 amide bonds. The highest BCUT2D eigenvalue weighted by Gasteiger charge is 2.10. The van der Waals surface area contributed by atoms with Crippen LogP contribution < -0.4 is 10.6 Å². The number of halogens is 1. The zero-order valence-electron chi connectivity index (χ0n) is 11.3. The summed E-state index contributed by atoms with van der Waals surface area (Å²) in [5, 5.41) is 0.766. The number of hydrogen-bond acceptors (Lipinski definition) is 2. The van der Waals surface area contributed by atoms with Crippen LogP contribution in [-0.4, -0.2) is 7.05 Å². The van der Waals surface area contributed by atoms with Gasteiger partial charge in [0.25, 0.3) is 0 Å². The summed E-state index contributed by atoms with van der Waals surface area (Å²) in [6, 6.07) is 16.2. The zero-order valence-corrected chi connectivity index (χ0v) is 12.1. The van der Waals surface area contributed by atoms with Crippen LogP contribution in [0.5, 0.6) is 0 Å². The summed E-state index contributed by atoms with van der Waals surface area (Å²) in [4.78, 5) is 2.21. The average Bonchev–Trinajstić information content (AvgIpc) is 2.41. The van der Waals surface area contributed by atoms with Gasteiger partial charge < -0.3 is 10.6 Å². The van der Waals surface area contributed by atoms with Crippen LogP contribution >= 0.6 is 11.6 Å². The Hall–Kier alpha value is -1.51. The van der Waals surface area contributed by atoms with Crippen molar-refractivity contribution in [1.29, 1.82) is 0 Å². The van der Waals surface area contributed by atoms with Gasteiger partial charge in [0.15, 0.2) is 0 Å². The van der Waals surface area contributed by atoms with E-state index in [2.05, 4.69) is 24.1 Å². The lowest BCUT2D eigenvalue weighted by atomic mass is 10.1. The zero-order chi connectivity index (χ0) is 13.8. The minimum Gasteiger partial charge on any atom is -0.370 e. The molecular formula is C16H19ClN2. The summed E-state index contributed by atoms with van der Waals surface area (Å²) in [6.45, 7) is 2.84. The van der Waals surface area contributed by atoms with Gasteiger partial charge in [-0.25, -0.2) is 0 Å². The third-order valence-corrected chi connectivity index (χ3v) is 3.42. The van der Waals surface area contributed by atoms with Crippen LogP contribution in [0.25, 0.3) is 0 Å². The van der Waals surface area contributed by atoms with E-state index in [4.69, 9.17) is 17.3 Å². The maximum Gasteiger partial charge on any atom is 0.0426 e. The first-order chi connectivity index (χ1) is 9.08. The molecule has 2 N–H and O–H groups in total. The first-order valence-corrected chi connectivity index (χ1v) is 6.76. The number of anilines is 1. The smallest absolute Gasteiger partial charge is 0.0426 e. The highest BCUT2D eigenvalue weighted by atomic mass is 35.5. The highest BCUT2D eigenvalue weighted by Crippen LogP contribution is 2.25. The Kier molecular flexibility index (Phi) is 4.46. The van der Waals surface area contributed by atoms with E-state index in [-0.39, 0.29) is 6.04 Å². The van der Waals surface area contributed by atoms with Gasteiger partial charge >= 0.3 is 0 Å². The molecule has 2 aromatic carbocycles. The van der Waals surface area contributed by atoms with Gasteiger partial charge in [-0.3, -0.25) is 0 Å². The molecule has 0 fully saturated rings. The lowest BCUT2D eigenvalue weighted by Gasteiger charge is -2.24. The molecule has 0 spiro atoms. The number of hydrogen-bond donors (Lipinski definition) is 1. The number of rotatable bonds is 4. The summed E-state index contributed by atoms with van der Waals surface area (Å²) in [5.74, 6) is 0. The largest absolute Gasteiger partial charge is 0.370 e. The maximum absolute atomic E-state index is 6.02. The molecule has 100 valence electrons. The summed E-state index contributed by atoms with van der Waals surface area (Å²) in [5.41, 5.74) is 9.59. The van der Waals surface area contributed by atoms with Crippen molar-refractivity contribution in [2.75, 3.05) is 11.9 Å². The molecule has 2 aromatic rings. The SMILES string of the molecule is CC(N)c1ccccc1N(C)Cc1ccc(Cl)cc1. The molecule has 0 saturated carbocycles. The fourth-order valence-electron chi connectivity index (χ4n) is 2.17. The molecule has 0 saturated heterocycles. The summed E-state index contributed by atoms with van der Waals surface area (Å²) in [7, 11) is 2.08. The van der Waals surface area contributed by atoms with E-state index < -0.39 is 0 Å². The lowest BCUT2D eigenvalue weighted by molar-refractivity contribution is 0.801. The van der Waals surface area contributed by atoms with E-state index in [9.17, 15) is 0 Å². The van der Waals surface area contributed by atoms with E-state index in [0.29, 0.717) is 0 Å². The Bertz CT molecular complexity index is 535. The van der Waals surface area contributed by atoms with Crippen LogP contribution in [0.15, 0.2) is 48.5 Å². The Labute approximate surface area is 119 Å². The highest BCUT2D eigenvalue weighted by molar-refractivity contribution is 6.30. The summed E-state index contributed by atoms with van der Waals surface area (Å²) < 4.78 is 0. The minimum atomic E-state index is 0.0314. The molecule has 1 unspecified atom stereocenters. The van der Waals surface area contributed by atoms with E-state index in [1.54, 1.807) is 0 Å². The lowest BCUT2D eigenvalue weighted by Crippen LogP contribution is -2.20. The van der Waals surface area contributed by atoms with Crippen molar-refractivity contribution in [3.63, 3.8) is 0 Å². The van der Waals surface area contributed by atoms with Gasteiger partial charge in [-0.2, -0.15) is 0 Å². The molecule has 0 radical (unpaired) electrons. The number of benzene rings is 2. The van der Waals surface area contributed by atoms with E-state index >= 15 is 0 Å². The molecule has 19 heavy (non-hydrogen) atoms. The Balaban J connectivity index is 2.20. The third-order valence-electron chi connectivity index (χ3n) is 3.17. The van der Waals surface area contributed by atoms with Gasteiger partial charge in [0, 0.05) is 30.3 Å². The summed E-state index contributed by atoms with van der Waals surface area (Å²) >= 11 is 5.90. The topological polar surface area (TPSA) is 29.3 Å². The molecule has 2 rings (SSSR count). The Morgan fingerprint density at radius 2 is 1.74 bits per heavy atom. The van der Waals surface area contributed by atoms with E-state index in [1.165, 1.54) is 16.8 Å². The second-order valence-electron chi connectivity index (χ2n) is 4.83. The van der Waals surface area contributed by atoms with Gasteiger partial charge in [-0.05, 0) is 36.2 Å². The number of nitrogens with zero attached hydrogens (tertiary/aromatic N) is 1. The molecule has 3 heteroatoms. The molecule has 2 nitrogen and oxygen atoms in total. The fourth-order valence-corrected chi connectivity index (χ4v) is 2.30. The van der Waals surface area contributed by atoms with Crippen molar-refractivity contribution in [1.82, 2.24) is 0 Å². The van der Waals surface area contributed by atoms with Crippen LogP contribution in [-0.2, 0) is 6.54 Å². The van der Waals surface area contributed by atoms with Crippen molar-refractivity contribution >= 4 is 17.3 Å². The molecule has 0 aliphatic rings.